The standard InChI is InChI=1S/C12H16ClNO3/c1-17-7-5-14(4-6-15)12-3-2-11(13)8-10(12)9-16/h2-3,8-9,15H,4-7H2,1H3. The molecular weight excluding hydrogens is 242 g/mol. The maximum atomic E-state index is 11.0. The van der Waals surface area contributed by atoms with Crippen molar-refractivity contribution in [2.75, 3.05) is 38.3 Å². The Bertz CT molecular complexity index is 371. The molecule has 1 aromatic carbocycles. The third-order valence-electron chi connectivity index (χ3n) is 2.39. The van der Waals surface area contributed by atoms with Gasteiger partial charge in [-0.2, -0.15) is 0 Å². The fourth-order valence-corrected chi connectivity index (χ4v) is 1.76. The minimum atomic E-state index is 0.0185. The van der Waals surface area contributed by atoms with Gasteiger partial charge in [0.15, 0.2) is 6.29 Å². The average Bonchev–Trinajstić information content (AvgIpc) is 2.34. The Morgan fingerprint density at radius 3 is 2.82 bits per heavy atom. The zero-order chi connectivity index (χ0) is 12.7. The number of methoxy groups -OCH3 is 1. The molecule has 0 saturated carbocycles. The van der Waals surface area contributed by atoms with Gasteiger partial charge < -0.3 is 14.7 Å². The van der Waals surface area contributed by atoms with E-state index in [0.717, 1.165) is 12.0 Å². The average molecular weight is 258 g/mol. The maximum Gasteiger partial charge on any atom is 0.152 e. The molecule has 94 valence electrons. The molecule has 4 nitrogen and oxygen atoms in total. The summed E-state index contributed by atoms with van der Waals surface area (Å²) in [6, 6.07) is 5.11. The Kier molecular flexibility index (Phi) is 5.97. The van der Waals surface area contributed by atoms with Crippen LogP contribution in [0.1, 0.15) is 10.4 Å². The van der Waals surface area contributed by atoms with Gasteiger partial charge in [0.2, 0.25) is 0 Å². The zero-order valence-corrected chi connectivity index (χ0v) is 10.5. The van der Waals surface area contributed by atoms with Crippen molar-refractivity contribution in [1.29, 1.82) is 0 Å². The number of aliphatic hydroxyl groups is 1. The van der Waals surface area contributed by atoms with Crippen LogP contribution in [0, 0.1) is 0 Å². The van der Waals surface area contributed by atoms with Crippen LogP contribution in [0.25, 0.3) is 0 Å². The van der Waals surface area contributed by atoms with Crippen molar-refractivity contribution in [1.82, 2.24) is 0 Å². The van der Waals surface area contributed by atoms with E-state index in [1.807, 2.05) is 4.90 Å². The highest BCUT2D eigenvalue weighted by Gasteiger charge is 2.10. The Hall–Kier alpha value is -1.10. The summed E-state index contributed by atoms with van der Waals surface area (Å²) in [4.78, 5) is 12.9. The molecule has 0 aliphatic carbocycles. The van der Waals surface area contributed by atoms with Crippen molar-refractivity contribution in [2.24, 2.45) is 0 Å². The van der Waals surface area contributed by atoms with Gasteiger partial charge in [-0.25, -0.2) is 0 Å². The molecule has 0 bridgehead atoms. The lowest BCUT2D eigenvalue weighted by molar-refractivity contribution is 0.112. The third kappa shape index (κ3) is 4.00. The Morgan fingerprint density at radius 2 is 2.24 bits per heavy atom. The molecule has 0 aromatic heterocycles. The van der Waals surface area contributed by atoms with Gasteiger partial charge in [-0.1, -0.05) is 11.6 Å². The first kappa shape index (κ1) is 14.0. The number of hydrogen-bond acceptors (Lipinski definition) is 4. The summed E-state index contributed by atoms with van der Waals surface area (Å²) in [7, 11) is 1.61. The monoisotopic (exact) mass is 257 g/mol. The quantitative estimate of drug-likeness (QED) is 0.754. The Morgan fingerprint density at radius 1 is 1.47 bits per heavy atom. The number of carbonyl (C=O) groups excluding carboxylic acids is 1. The molecule has 0 unspecified atom stereocenters. The summed E-state index contributed by atoms with van der Waals surface area (Å²) in [5, 5.41) is 9.54. The molecule has 1 aromatic rings. The predicted molar refractivity (Wildman–Crippen MR) is 68.0 cm³/mol. The van der Waals surface area contributed by atoms with Gasteiger partial charge in [-0.3, -0.25) is 4.79 Å². The van der Waals surface area contributed by atoms with Crippen LogP contribution >= 0.6 is 11.6 Å². The molecule has 1 rings (SSSR count). The number of anilines is 1. The number of benzene rings is 1. The number of rotatable bonds is 7. The van der Waals surface area contributed by atoms with Crippen molar-refractivity contribution in [3.05, 3.63) is 28.8 Å². The fraction of sp³-hybridized carbons (Fsp3) is 0.417. The van der Waals surface area contributed by atoms with Crippen LogP contribution in [0.15, 0.2) is 18.2 Å². The first-order valence-electron chi connectivity index (χ1n) is 5.32. The SMILES string of the molecule is COCCN(CCO)c1ccc(Cl)cc1C=O. The van der Waals surface area contributed by atoms with E-state index in [1.54, 1.807) is 25.3 Å². The van der Waals surface area contributed by atoms with E-state index in [2.05, 4.69) is 0 Å². The number of nitrogens with zero attached hydrogens (tertiary/aromatic N) is 1. The Balaban J connectivity index is 2.95. The second kappa shape index (κ2) is 7.27. The van der Waals surface area contributed by atoms with E-state index < -0.39 is 0 Å². The smallest absolute Gasteiger partial charge is 0.152 e. The van der Waals surface area contributed by atoms with Crippen LogP contribution in [0.3, 0.4) is 0 Å². The first-order chi connectivity index (χ1) is 8.22. The lowest BCUT2D eigenvalue weighted by atomic mass is 10.1. The molecule has 0 heterocycles. The van der Waals surface area contributed by atoms with Gasteiger partial charge in [0, 0.05) is 36.5 Å². The van der Waals surface area contributed by atoms with Gasteiger partial charge in [0.05, 0.1) is 13.2 Å². The summed E-state index contributed by atoms with van der Waals surface area (Å²) in [5.41, 5.74) is 1.28. The van der Waals surface area contributed by atoms with E-state index in [0.29, 0.717) is 30.3 Å². The topological polar surface area (TPSA) is 49.8 Å². The van der Waals surface area contributed by atoms with E-state index in [9.17, 15) is 4.79 Å². The summed E-state index contributed by atoms with van der Waals surface area (Å²) in [5.74, 6) is 0. The number of hydrogen-bond donors (Lipinski definition) is 1. The van der Waals surface area contributed by atoms with Crippen molar-refractivity contribution in [3.8, 4) is 0 Å². The molecule has 0 saturated heterocycles. The molecule has 0 amide bonds. The van der Waals surface area contributed by atoms with Gasteiger partial charge in [0.1, 0.15) is 0 Å². The minimum absolute atomic E-state index is 0.0185. The van der Waals surface area contributed by atoms with Crippen molar-refractivity contribution in [2.45, 2.75) is 0 Å². The normalized spacial score (nSPS) is 10.3. The second-order valence-corrected chi connectivity index (χ2v) is 3.96. The number of aliphatic hydroxyl groups excluding tert-OH is 1. The molecule has 0 aliphatic rings. The van der Waals surface area contributed by atoms with Crippen LogP contribution in [-0.4, -0.2) is 44.8 Å². The largest absolute Gasteiger partial charge is 0.395 e. The van der Waals surface area contributed by atoms with Gasteiger partial charge in [-0.15, -0.1) is 0 Å². The maximum absolute atomic E-state index is 11.0. The lowest BCUT2D eigenvalue weighted by Gasteiger charge is -2.25. The van der Waals surface area contributed by atoms with Crippen molar-refractivity contribution >= 4 is 23.6 Å². The predicted octanol–water partition coefficient (Wildman–Crippen LogP) is 1.60. The van der Waals surface area contributed by atoms with Gasteiger partial charge in [-0.05, 0) is 18.2 Å². The molecular formula is C12H16ClNO3. The van der Waals surface area contributed by atoms with Crippen LogP contribution in [0.2, 0.25) is 5.02 Å². The van der Waals surface area contributed by atoms with E-state index in [-0.39, 0.29) is 6.61 Å². The number of halogens is 1. The first-order valence-corrected chi connectivity index (χ1v) is 5.70. The van der Waals surface area contributed by atoms with Crippen molar-refractivity contribution in [3.63, 3.8) is 0 Å². The van der Waals surface area contributed by atoms with Gasteiger partial charge >= 0.3 is 0 Å². The molecule has 0 spiro atoms. The number of carbonyl (C=O) groups is 1. The molecule has 1 N–H and O–H groups in total. The van der Waals surface area contributed by atoms with Gasteiger partial charge in [0.25, 0.3) is 0 Å². The summed E-state index contributed by atoms with van der Waals surface area (Å²) < 4.78 is 5.00. The highest BCUT2D eigenvalue weighted by Crippen LogP contribution is 2.22. The molecule has 0 radical (unpaired) electrons. The number of ether oxygens (including phenoxy) is 1. The molecule has 0 atom stereocenters. The fourth-order valence-electron chi connectivity index (χ4n) is 1.58. The van der Waals surface area contributed by atoms with Crippen LogP contribution < -0.4 is 4.90 Å². The van der Waals surface area contributed by atoms with Crippen LogP contribution in [-0.2, 0) is 4.74 Å². The highest BCUT2D eigenvalue weighted by molar-refractivity contribution is 6.31. The number of aldehydes is 1. The zero-order valence-electron chi connectivity index (χ0n) is 9.73. The molecule has 17 heavy (non-hydrogen) atoms. The minimum Gasteiger partial charge on any atom is -0.395 e. The Labute approximate surface area is 106 Å². The summed E-state index contributed by atoms with van der Waals surface area (Å²) >= 11 is 5.83. The summed E-state index contributed by atoms with van der Waals surface area (Å²) in [6.45, 7) is 1.61. The third-order valence-corrected chi connectivity index (χ3v) is 2.63. The van der Waals surface area contributed by atoms with Crippen molar-refractivity contribution < 1.29 is 14.6 Å². The van der Waals surface area contributed by atoms with E-state index in [4.69, 9.17) is 21.4 Å². The lowest BCUT2D eigenvalue weighted by Crippen LogP contribution is -2.30. The van der Waals surface area contributed by atoms with Crippen LogP contribution in [0.5, 0.6) is 0 Å². The summed E-state index contributed by atoms with van der Waals surface area (Å²) in [6.07, 6.45) is 0.762. The van der Waals surface area contributed by atoms with E-state index >= 15 is 0 Å². The van der Waals surface area contributed by atoms with Crippen LogP contribution in [0.4, 0.5) is 5.69 Å². The molecule has 0 aliphatic heterocycles. The van der Waals surface area contributed by atoms with E-state index in [1.165, 1.54) is 0 Å². The second-order valence-electron chi connectivity index (χ2n) is 3.52. The molecule has 0 fully saturated rings. The molecule has 5 heteroatoms. The highest BCUT2D eigenvalue weighted by atomic mass is 35.5.